The summed E-state index contributed by atoms with van der Waals surface area (Å²) in [5.74, 6) is 3.27. The third-order valence-electron chi connectivity index (χ3n) is 5.33. The van der Waals surface area contributed by atoms with Crippen LogP contribution in [0.2, 0.25) is 0 Å². The van der Waals surface area contributed by atoms with Crippen LogP contribution in [0.25, 0.3) is 0 Å². The van der Waals surface area contributed by atoms with E-state index in [0.717, 1.165) is 43.3 Å². The second-order valence-corrected chi connectivity index (χ2v) is 7.46. The SMILES string of the molecule is Cn1nccc1Nc1ccc(N2CCC(C(=O)NCCOc3ccccc3)CC2)nn1. The lowest BCUT2D eigenvalue weighted by molar-refractivity contribution is -0.125. The average molecular weight is 422 g/mol. The predicted octanol–water partition coefficient (Wildman–Crippen LogP) is 2.37. The van der Waals surface area contributed by atoms with Crippen molar-refractivity contribution in [3.63, 3.8) is 0 Å². The Kier molecular flexibility index (Phi) is 6.61. The first-order valence-corrected chi connectivity index (χ1v) is 10.5. The minimum Gasteiger partial charge on any atom is -0.492 e. The number of para-hydroxylation sites is 1. The molecule has 1 amide bonds. The Labute approximate surface area is 181 Å². The molecule has 9 heteroatoms. The summed E-state index contributed by atoms with van der Waals surface area (Å²) >= 11 is 0. The van der Waals surface area contributed by atoms with Gasteiger partial charge in [-0.25, -0.2) is 0 Å². The van der Waals surface area contributed by atoms with Gasteiger partial charge >= 0.3 is 0 Å². The van der Waals surface area contributed by atoms with Crippen LogP contribution in [0, 0.1) is 5.92 Å². The molecule has 0 saturated carbocycles. The van der Waals surface area contributed by atoms with Gasteiger partial charge in [-0.3, -0.25) is 9.48 Å². The number of rotatable bonds is 8. The van der Waals surface area contributed by atoms with Gasteiger partial charge in [0.15, 0.2) is 11.6 Å². The maximum absolute atomic E-state index is 12.4. The number of carbonyl (C=O) groups is 1. The molecule has 1 saturated heterocycles. The molecule has 0 atom stereocenters. The Morgan fingerprint density at radius 2 is 1.90 bits per heavy atom. The normalized spacial score (nSPS) is 14.3. The highest BCUT2D eigenvalue weighted by molar-refractivity contribution is 5.79. The molecule has 4 rings (SSSR count). The number of nitrogens with one attached hydrogen (secondary N) is 2. The third-order valence-corrected chi connectivity index (χ3v) is 5.33. The van der Waals surface area contributed by atoms with E-state index in [4.69, 9.17) is 4.74 Å². The summed E-state index contributed by atoms with van der Waals surface area (Å²) in [4.78, 5) is 14.6. The molecule has 0 radical (unpaired) electrons. The second kappa shape index (κ2) is 9.92. The number of piperidine rings is 1. The fraction of sp³-hybridized carbons (Fsp3) is 0.364. The van der Waals surface area contributed by atoms with Gasteiger partial charge in [-0.1, -0.05) is 18.2 Å². The summed E-state index contributed by atoms with van der Waals surface area (Å²) in [5.41, 5.74) is 0. The van der Waals surface area contributed by atoms with Gasteiger partial charge in [-0.2, -0.15) is 5.10 Å². The second-order valence-electron chi connectivity index (χ2n) is 7.46. The van der Waals surface area contributed by atoms with E-state index in [2.05, 4.69) is 30.8 Å². The number of benzene rings is 1. The van der Waals surface area contributed by atoms with Gasteiger partial charge < -0.3 is 20.3 Å². The van der Waals surface area contributed by atoms with E-state index in [9.17, 15) is 4.79 Å². The Balaban J connectivity index is 1.19. The van der Waals surface area contributed by atoms with Gasteiger partial charge in [0.25, 0.3) is 0 Å². The van der Waals surface area contributed by atoms with Crippen LogP contribution in [0.15, 0.2) is 54.7 Å². The van der Waals surface area contributed by atoms with E-state index < -0.39 is 0 Å². The summed E-state index contributed by atoms with van der Waals surface area (Å²) in [5, 5.41) is 18.9. The molecule has 31 heavy (non-hydrogen) atoms. The smallest absolute Gasteiger partial charge is 0.223 e. The number of amides is 1. The Bertz CT molecular complexity index is 967. The maximum Gasteiger partial charge on any atom is 0.223 e. The highest BCUT2D eigenvalue weighted by atomic mass is 16.5. The molecule has 0 aliphatic carbocycles. The van der Waals surface area contributed by atoms with E-state index in [1.165, 1.54) is 0 Å². The first-order valence-electron chi connectivity index (χ1n) is 10.5. The van der Waals surface area contributed by atoms with Crippen molar-refractivity contribution in [3.8, 4) is 5.75 Å². The van der Waals surface area contributed by atoms with Crippen LogP contribution in [-0.2, 0) is 11.8 Å². The molecule has 2 aromatic heterocycles. The van der Waals surface area contributed by atoms with Crippen LogP contribution in [0.3, 0.4) is 0 Å². The van der Waals surface area contributed by atoms with Crippen LogP contribution >= 0.6 is 0 Å². The van der Waals surface area contributed by atoms with Crippen LogP contribution in [0.5, 0.6) is 5.75 Å². The molecule has 0 unspecified atom stereocenters. The minimum atomic E-state index is 0.0201. The highest BCUT2D eigenvalue weighted by Gasteiger charge is 2.25. The molecule has 1 aliphatic rings. The van der Waals surface area contributed by atoms with Crippen molar-refractivity contribution in [2.24, 2.45) is 13.0 Å². The Morgan fingerprint density at radius 1 is 1.10 bits per heavy atom. The molecule has 1 aromatic carbocycles. The first kappa shape index (κ1) is 20.6. The van der Waals surface area contributed by atoms with Crippen LogP contribution in [0.4, 0.5) is 17.5 Å². The van der Waals surface area contributed by atoms with Gasteiger partial charge in [-0.05, 0) is 37.1 Å². The van der Waals surface area contributed by atoms with Crippen molar-refractivity contribution >= 4 is 23.4 Å². The van der Waals surface area contributed by atoms with Crippen molar-refractivity contribution in [2.45, 2.75) is 12.8 Å². The molecule has 3 aromatic rings. The third kappa shape index (κ3) is 5.50. The average Bonchev–Trinajstić information content (AvgIpc) is 3.22. The van der Waals surface area contributed by atoms with E-state index in [-0.39, 0.29) is 11.8 Å². The molecule has 2 N–H and O–H groups in total. The zero-order valence-corrected chi connectivity index (χ0v) is 17.6. The molecular weight excluding hydrogens is 394 g/mol. The maximum atomic E-state index is 12.4. The summed E-state index contributed by atoms with van der Waals surface area (Å²) in [7, 11) is 1.86. The topological polar surface area (TPSA) is 97.2 Å². The van der Waals surface area contributed by atoms with Gasteiger partial charge in [0, 0.05) is 32.1 Å². The Hall–Kier alpha value is -3.62. The molecule has 162 valence electrons. The van der Waals surface area contributed by atoms with Crippen molar-refractivity contribution in [2.75, 3.05) is 36.5 Å². The van der Waals surface area contributed by atoms with Crippen LogP contribution < -0.4 is 20.3 Å². The largest absolute Gasteiger partial charge is 0.492 e. The fourth-order valence-corrected chi connectivity index (χ4v) is 3.56. The van der Waals surface area contributed by atoms with E-state index in [1.807, 2.05) is 55.6 Å². The molecule has 1 aliphatic heterocycles. The summed E-state index contributed by atoms with van der Waals surface area (Å²) in [6, 6.07) is 15.3. The zero-order chi connectivity index (χ0) is 21.5. The summed E-state index contributed by atoms with van der Waals surface area (Å²) < 4.78 is 7.35. The summed E-state index contributed by atoms with van der Waals surface area (Å²) in [6.07, 6.45) is 3.31. The fourth-order valence-electron chi connectivity index (χ4n) is 3.56. The molecule has 9 nitrogen and oxygen atoms in total. The lowest BCUT2D eigenvalue weighted by atomic mass is 9.96. The van der Waals surface area contributed by atoms with Crippen LogP contribution in [-0.4, -0.2) is 52.1 Å². The van der Waals surface area contributed by atoms with Gasteiger partial charge in [0.2, 0.25) is 5.91 Å². The van der Waals surface area contributed by atoms with Crippen molar-refractivity contribution in [3.05, 3.63) is 54.7 Å². The molecule has 0 bridgehead atoms. The van der Waals surface area contributed by atoms with E-state index >= 15 is 0 Å². The number of hydrogen-bond donors (Lipinski definition) is 2. The molecule has 3 heterocycles. The lowest BCUT2D eigenvalue weighted by Crippen LogP contribution is -2.41. The van der Waals surface area contributed by atoms with Crippen molar-refractivity contribution in [1.82, 2.24) is 25.3 Å². The molecule has 0 spiro atoms. The lowest BCUT2D eigenvalue weighted by Gasteiger charge is -2.31. The molecular formula is C22H27N7O2. The predicted molar refractivity (Wildman–Crippen MR) is 118 cm³/mol. The summed E-state index contributed by atoms with van der Waals surface area (Å²) in [6.45, 7) is 2.53. The number of anilines is 3. The van der Waals surface area contributed by atoms with Crippen molar-refractivity contribution < 1.29 is 9.53 Å². The number of hydrogen-bond acceptors (Lipinski definition) is 7. The number of carbonyl (C=O) groups excluding carboxylic acids is 1. The minimum absolute atomic E-state index is 0.0201. The Morgan fingerprint density at radius 3 is 2.58 bits per heavy atom. The first-order chi connectivity index (χ1) is 15.2. The number of aromatic nitrogens is 4. The highest BCUT2D eigenvalue weighted by Crippen LogP contribution is 2.22. The zero-order valence-electron chi connectivity index (χ0n) is 17.6. The van der Waals surface area contributed by atoms with Gasteiger partial charge in [-0.15, -0.1) is 10.2 Å². The number of ether oxygens (including phenoxy) is 1. The number of aryl methyl sites for hydroxylation is 1. The monoisotopic (exact) mass is 421 g/mol. The van der Waals surface area contributed by atoms with Gasteiger partial charge in [0.05, 0.1) is 12.7 Å². The van der Waals surface area contributed by atoms with Crippen LogP contribution in [0.1, 0.15) is 12.8 Å². The van der Waals surface area contributed by atoms with Gasteiger partial charge in [0.1, 0.15) is 18.2 Å². The standard InChI is InChI=1S/C22H27N7O2/c1-28-20(9-12-24-28)25-19-7-8-21(27-26-19)29-14-10-17(11-15-29)22(30)23-13-16-31-18-5-3-2-4-6-18/h2-9,12,17H,10-11,13-16H2,1H3,(H,23,30)(H,25,26). The van der Waals surface area contributed by atoms with E-state index in [0.29, 0.717) is 19.0 Å². The quantitative estimate of drug-likeness (QED) is 0.539. The van der Waals surface area contributed by atoms with Crippen molar-refractivity contribution in [1.29, 1.82) is 0 Å². The van der Waals surface area contributed by atoms with E-state index in [1.54, 1.807) is 10.9 Å². The molecule has 1 fully saturated rings. The number of nitrogens with zero attached hydrogens (tertiary/aromatic N) is 5.